The van der Waals surface area contributed by atoms with Crippen molar-refractivity contribution in [3.63, 3.8) is 0 Å². The van der Waals surface area contributed by atoms with Crippen molar-refractivity contribution in [2.75, 3.05) is 4.90 Å². The van der Waals surface area contributed by atoms with Gasteiger partial charge in [0, 0.05) is 17.0 Å². The number of para-hydroxylation sites is 1. The molecule has 5 heteroatoms. The average Bonchev–Trinajstić information content (AvgIpc) is 2.46. The summed E-state index contributed by atoms with van der Waals surface area (Å²) in [5.41, 5.74) is 1.02. The molecule has 22 heavy (non-hydrogen) atoms. The van der Waals surface area contributed by atoms with Crippen molar-refractivity contribution in [1.82, 2.24) is 5.32 Å². The molecule has 2 bridgehead atoms. The van der Waals surface area contributed by atoms with E-state index >= 15 is 0 Å². The predicted molar refractivity (Wildman–Crippen MR) is 85.3 cm³/mol. The number of anilines is 1. The van der Waals surface area contributed by atoms with Crippen molar-refractivity contribution < 1.29 is 9.53 Å². The first-order chi connectivity index (χ1) is 10.6. The van der Waals surface area contributed by atoms with E-state index in [1.54, 1.807) is 17.0 Å². The summed E-state index contributed by atoms with van der Waals surface area (Å²) in [4.78, 5) is 14.3. The van der Waals surface area contributed by atoms with Crippen LogP contribution in [0.2, 0.25) is 5.02 Å². The van der Waals surface area contributed by atoms with Gasteiger partial charge >= 0.3 is 6.03 Å². The molecule has 2 aliphatic heterocycles. The Labute approximate surface area is 133 Å². The van der Waals surface area contributed by atoms with Crippen molar-refractivity contribution in [2.45, 2.75) is 25.1 Å². The van der Waals surface area contributed by atoms with E-state index in [0.29, 0.717) is 11.4 Å². The SMILES string of the molecule is C[C@@]12C[C@H](NC(=O)N1c1cccc(Cl)c1)c1ccccc1O2. The van der Waals surface area contributed by atoms with Crippen LogP contribution in [0.5, 0.6) is 5.75 Å². The fraction of sp³-hybridized carbons (Fsp3) is 0.235. The summed E-state index contributed by atoms with van der Waals surface area (Å²) >= 11 is 6.07. The Bertz CT molecular complexity index is 764. The summed E-state index contributed by atoms with van der Waals surface area (Å²) in [7, 11) is 0. The number of hydrogen-bond donors (Lipinski definition) is 1. The molecule has 0 radical (unpaired) electrons. The van der Waals surface area contributed by atoms with E-state index in [-0.39, 0.29) is 12.1 Å². The monoisotopic (exact) mass is 314 g/mol. The maximum Gasteiger partial charge on any atom is 0.325 e. The minimum Gasteiger partial charge on any atom is -0.467 e. The largest absolute Gasteiger partial charge is 0.467 e. The molecule has 0 saturated carbocycles. The Morgan fingerprint density at radius 3 is 2.91 bits per heavy atom. The van der Waals surface area contributed by atoms with Crippen LogP contribution in [-0.2, 0) is 0 Å². The number of amides is 2. The smallest absolute Gasteiger partial charge is 0.325 e. The molecule has 1 fully saturated rings. The summed E-state index contributed by atoms with van der Waals surface area (Å²) in [5.74, 6) is 0.813. The number of nitrogens with one attached hydrogen (secondary N) is 1. The number of hydrogen-bond acceptors (Lipinski definition) is 2. The molecule has 0 aliphatic carbocycles. The zero-order chi connectivity index (χ0) is 15.3. The number of halogens is 1. The number of ether oxygens (including phenoxy) is 1. The second-order valence-electron chi connectivity index (χ2n) is 5.84. The Morgan fingerprint density at radius 1 is 1.27 bits per heavy atom. The summed E-state index contributed by atoms with van der Waals surface area (Å²) in [6.07, 6.45) is 0.683. The molecule has 2 heterocycles. The van der Waals surface area contributed by atoms with Crippen LogP contribution in [0.25, 0.3) is 0 Å². The molecule has 1 saturated heterocycles. The minimum atomic E-state index is -0.730. The van der Waals surface area contributed by atoms with Gasteiger partial charge in [0.25, 0.3) is 0 Å². The lowest BCUT2D eigenvalue weighted by molar-refractivity contribution is 0.0379. The molecule has 2 aromatic carbocycles. The standard InChI is InChI=1S/C17H15ClN2O2/c1-17-10-14(13-7-2-3-8-15(13)22-17)19-16(21)20(17)12-6-4-5-11(18)9-12/h2-9,14H,10H2,1H3,(H,19,21)/t14-,17+/m0/s1. The lowest BCUT2D eigenvalue weighted by atomic mass is 9.90. The number of fused-ring (bicyclic) bond motifs is 4. The van der Waals surface area contributed by atoms with Crippen LogP contribution in [0.4, 0.5) is 10.5 Å². The highest BCUT2D eigenvalue weighted by Gasteiger charge is 2.49. The minimum absolute atomic E-state index is 0.0297. The number of rotatable bonds is 1. The van der Waals surface area contributed by atoms with Gasteiger partial charge in [0.1, 0.15) is 5.75 Å². The van der Waals surface area contributed by atoms with E-state index in [0.717, 1.165) is 17.0 Å². The maximum atomic E-state index is 12.6. The fourth-order valence-electron chi connectivity index (χ4n) is 3.33. The Balaban J connectivity index is 1.82. The average molecular weight is 315 g/mol. The summed E-state index contributed by atoms with van der Waals surface area (Å²) in [5, 5.41) is 3.65. The van der Waals surface area contributed by atoms with Crippen molar-refractivity contribution in [1.29, 1.82) is 0 Å². The van der Waals surface area contributed by atoms with E-state index in [2.05, 4.69) is 5.32 Å². The second kappa shape index (κ2) is 4.65. The van der Waals surface area contributed by atoms with Gasteiger partial charge in [0.15, 0.2) is 5.72 Å². The van der Waals surface area contributed by atoms with E-state index in [9.17, 15) is 4.79 Å². The molecule has 4 nitrogen and oxygen atoms in total. The van der Waals surface area contributed by atoms with Crippen LogP contribution < -0.4 is 15.0 Å². The number of nitrogens with zero attached hydrogens (tertiary/aromatic N) is 1. The third kappa shape index (κ3) is 1.95. The van der Waals surface area contributed by atoms with E-state index in [1.165, 1.54) is 0 Å². The molecule has 0 aromatic heterocycles. The highest BCUT2D eigenvalue weighted by atomic mass is 35.5. The fourth-order valence-corrected chi connectivity index (χ4v) is 3.51. The Kier molecular flexibility index (Phi) is 2.84. The van der Waals surface area contributed by atoms with Gasteiger partial charge in [-0.05, 0) is 31.2 Å². The number of carbonyl (C=O) groups is 1. The summed E-state index contributed by atoms with van der Waals surface area (Å²) in [6.45, 7) is 1.94. The molecule has 2 atom stereocenters. The van der Waals surface area contributed by atoms with E-state index in [1.807, 2.05) is 43.3 Å². The predicted octanol–water partition coefficient (Wildman–Crippen LogP) is 4.11. The quantitative estimate of drug-likeness (QED) is 0.860. The van der Waals surface area contributed by atoms with Gasteiger partial charge < -0.3 is 10.1 Å². The Morgan fingerprint density at radius 2 is 2.09 bits per heavy atom. The van der Waals surface area contributed by atoms with Gasteiger partial charge in [0.05, 0.1) is 11.7 Å². The summed E-state index contributed by atoms with van der Waals surface area (Å²) < 4.78 is 6.19. The first-order valence-corrected chi connectivity index (χ1v) is 7.59. The number of benzene rings is 2. The highest BCUT2D eigenvalue weighted by molar-refractivity contribution is 6.30. The van der Waals surface area contributed by atoms with Crippen LogP contribution in [0.3, 0.4) is 0 Å². The first kappa shape index (κ1) is 13.5. The van der Waals surface area contributed by atoms with Crippen LogP contribution in [-0.4, -0.2) is 11.8 Å². The molecule has 2 aromatic rings. The Hall–Kier alpha value is -2.20. The number of urea groups is 1. The molecular weight excluding hydrogens is 300 g/mol. The highest BCUT2D eigenvalue weighted by Crippen LogP contribution is 2.45. The third-order valence-electron chi connectivity index (χ3n) is 4.25. The van der Waals surface area contributed by atoms with Gasteiger partial charge in [-0.3, -0.25) is 4.90 Å². The lowest BCUT2D eigenvalue weighted by Gasteiger charge is -2.50. The van der Waals surface area contributed by atoms with Gasteiger partial charge in [0.2, 0.25) is 0 Å². The zero-order valence-electron chi connectivity index (χ0n) is 12.0. The van der Waals surface area contributed by atoms with Crippen LogP contribution in [0, 0.1) is 0 Å². The second-order valence-corrected chi connectivity index (χ2v) is 6.27. The van der Waals surface area contributed by atoms with Gasteiger partial charge in [-0.15, -0.1) is 0 Å². The van der Waals surface area contributed by atoms with Crippen LogP contribution in [0.1, 0.15) is 24.9 Å². The van der Waals surface area contributed by atoms with Crippen LogP contribution >= 0.6 is 11.6 Å². The molecule has 112 valence electrons. The van der Waals surface area contributed by atoms with Gasteiger partial charge in [-0.25, -0.2) is 4.79 Å². The first-order valence-electron chi connectivity index (χ1n) is 7.21. The van der Waals surface area contributed by atoms with E-state index < -0.39 is 5.72 Å². The van der Waals surface area contributed by atoms with E-state index in [4.69, 9.17) is 16.3 Å². The van der Waals surface area contributed by atoms with Gasteiger partial charge in [-0.2, -0.15) is 0 Å². The van der Waals surface area contributed by atoms with Gasteiger partial charge in [-0.1, -0.05) is 35.9 Å². The number of carbonyl (C=O) groups excluding carboxylic acids is 1. The molecule has 2 aliphatic rings. The van der Waals surface area contributed by atoms with Crippen molar-refractivity contribution in [3.8, 4) is 5.75 Å². The maximum absolute atomic E-state index is 12.6. The third-order valence-corrected chi connectivity index (χ3v) is 4.48. The molecule has 0 unspecified atom stereocenters. The lowest BCUT2D eigenvalue weighted by Crippen LogP contribution is -2.65. The molecule has 2 amide bonds. The normalized spacial score (nSPS) is 26.0. The van der Waals surface area contributed by atoms with Crippen molar-refractivity contribution in [3.05, 3.63) is 59.1 Å². The topological polar surface area (TPSA) is 41.6 Å². The van der Waals surface area contributed by atoms with Crippen LogP contribution in [0.15, 0.2) is 48.5 Å². The van der Waals surface area contributed by atoms with Crippen molar-refractivity contribution >= 4 is 23.3 Å². The molecule has 1 N–H and O–H groups in total. The zero-order valence-corrected chi connectivity index (χ0v) is 12.8. The molecule has 4 rings (SSSR count). The molecular formula is C17H15ClN2O2. The summed E-state index contributed by atoms with van der Waals surface area (Å²) in [6, 6.07) is 14.9. The van der Waals surface area contributed by atoms with Crippen molar-refractivity contribution in [2.24, 2.45) is 0 Å². The molecule has 0 spiro atoms.